The van der Waals surface area contributed by atoms with Gasteiger partial charge in [-0.15, -0.1) is 0 Å². The van der Waals surface area contributed by atoms with Crippen LogP contribution in [0.4, 0.5) is 4.79 Å². The lowest BCUT2D eigenvalue weighted by Crippen LogP contribution is -2.24. The summed E-state index contributed by atoms with van der Waals surface area (Å²) in [6, 6.07) is 6.31. The van der Waals surface area contributed by atoms with E-state index in [4.69, 9.17) is 22.1 Å². The number of unbranched alkanes of at least 4 members (excludes halogenated alkanes) is 1. The number of hydrogen-bond acceptors (Lipinski definition) is 7. The van der Waals surface area contributed by atoms with Gasteiger partial charge in [0.05, 0.1) is 23.5 Å². The van der Waals surface area contributed by atoms with E-state index in [1.165, 1.54) is 19.2 Å². The Morgan fingerprint density at radius 2 is 2.17 bits per heavy atom. The van der Waals surface area contributed by atoms with E-state index in [9.17, 15) is 13.2 Å². The zero-order valence-electron chi connectivity index (χ0n) is 16.3. The Bertz CT molecular complexity index is 1050. The molecule has 1 unspecified atom stereocenters. The molecule has 4 N–H and O–H groups in total. The molecule has 162 valence electrons. The van der Waals surface area contributed by atoms with Gasteiger partial charge in [0.15, 0.2) is 5.50 Å². The topological polar surface area (TPSA) is 141 Å². The number of nitrogens with one attached hydrogen (secondary N) is 2. The summed E-state index contributed by atoms with van der Waals surface area (Å²) in [7, 11) is -2.19. The van der Waals surface area contributed by atoms with Gasteiger partial charge < -0.3 is 20.4 Å². The highest BCUT2D eigenvalue weighted by atomic mass is 35.5. The number of halogens is 1. The van der Waals surface area contributed by atoms with Crippen LogP contribution in [0.5, 0.6) is 0 Å². The first-order chi connectivity index (χ1) is 14.3. The van der Waals surface area contributed by atoms with Gasteiger partial charge in [-0.05, 0) is 37.6 Å². The number of benzene rings is 1. The third-order valence-corrected chi connectivity index (χ3v) is 6.26. The van der Waals surface area contributed by atoms with Gasteiger partial charge in [0.25, 0.3) is 0 Å². The van der Waals surface area contributed by atoms with E-state index in [1.807, 2.05) is 4.57 Å². The Morgan fingerprint density at radius 3 is 2.93 bits per heavy atom. The zero-order chi connectivity index (χ0) is 21.7. The maximum absolute atomic E-state index is 11.9. The predicted octanol–water partition coefficient (Wildman–Crippen LogP) is 1.45. The van der Waals surface area contributed by atoms with E-state index in [0.717, 1.165) is 12.1 Å². The summed E-state index contributed by atoms with van der Waals surface area (Å²) in [6.45, 7) is 1.07. The Morgan fingerprint density at radius 1 is 1.37 bits per heavy atom. The Labute approximate surface area is 179 Å². The van der Waals surface area contributed by atoms with Crippen molar-refractivity contribution in [3.8, 4) is 0 Å². The molecular weight excluding hydrogens is 432 g/mol. The minimum absolute atomic E-state index is 0.134. The van der Waals surface area contributed by atoms with Crippen LogP contribution in [-0.4, -0.2) is 43.6 Å². The van der Waals surface area contributed by atoms with Crippen molar-refractivity contribution in [3.63, 3.8) is 0 Å². The van der Waals surface area contributed by atoms with E-state index in [2.05, 4.69) is 20.0 Å². The average molecular weight is 455 g/mol. The summed E-state index contributed by atoms with van der Waals surface area (Å²) in [5, 5.41) is 2.61. The van der Waals surface area contributed by atoms with Crippen molar-refractivity contribution >= 4 is 33.6 Å². The van der Waals surface area contributed by atoms with Crippen LogP contribution in [0.25, 0.3) is 0 Å². The molecule has 1 amide bonds. The van der Waals surface area contributed by atoms with E-state index >= 15 is 0 Å². The van der Waals surface area contributed by atoms with Crippen molar-refractivity contribution in [3.05, 3.63) is 47.5 Å². The molecule has 0 spiro atoms. The predicted molar refractivity (Wildman–Crippen MR) is 112 cm³/mol. The first-order valence-corrected chi connectivity index (χ1v) is 11.2. The first kappa shape index (κ1) is 22.1. The minimum atomic E-state index is -3.53. The van der Waals surface area contributed by atoms with Crippen LogP contribution in [0.15, 0.2) is 40.5 Å². The number of amidine groups is 1. The highest BCUT2D eigenvalue weighted by molar-refractivity contribution is 7.89. The standard InChI is InChI=1S/C18H23ClN6O4S/c1-21-30(27,28)13-6-4-5-12(9-13)10-22-18(26)29-8-3-2-7-25-11-23-14-15(25)16(19)24-17(14)20/h4-6,9,11,16,21H,2-3,7-8,10H2,1H3,(H2,20,24)(H,22,26). The monoisotopic (exact) mass is 454 g/mol. The number of nitrogens with two attached hydrogens (primary N) is 1. The van der Waals surface area contributed by atoms with Gasteiger partial charge in [-0.2, -0.15) is 0 Å². The molecule has 0 fully saturated rings. The van der Waals surface area contributed by atoms with Crippen molar-refractivity contribution in [2.45, 2.75) is 36.3 Å². The van der Waals surface area contributed by atoms with Crippen LogP contribution in [0.1, 0.15) is 35.3 Å². The zero-order valence-corrected chi connectivity index (χ0v) is 17.9. The van der Waals surface area contributed by atoms with Crippen LogP contribution in [0.3, 0.4) is 0 Å². The number of rotatable bonds is 9. The molecule has 0 aliphatic carbocycles. The van der Waals surface area contributed by atoms with Crippen molar-refractivity contribution in [1.82, 2.24) is 19.6 Å². The summed E-state index contributed by atoms with van der Waals surface area (Å²) in [4.78, 5) is 20.3. The maximum atomic E-state index is 11.9. The molecule has 0 bridgehead atoms. The van der Waals surface area contributed by atoms with Gasteiger partial charge in [-0.3, -0.25) is 0 Å². The largest absolute Gasteiger partial charge is 0.450 e. The normalized spacial score (nSPS) is 15.5. The molecule has 30 heavy (non-hydrogen) atoms. The second-order valence-electron chi connectivity index (χ2n) is 6.57. The number of sulfonamides is 1. The number of carbonyl (C=O) groups excluding carboxylic acids is 1. The molecule has 1 aliphatic heterocycles. The van der Waals surface area contributed by atoms with E-state index in [-0.39, 0.29) is 18.0 Å². The number of hydrogen-bond donors (Lipinski definition) is 3. The molecule has 10 nitrogen and oxygen atoms in total. The van der Waals surface area contributed by atoms with Gasteiger partial charge in [0.1, 0.15) is 11.5 Å². The first-order valence-electron chi connectivity index (χ1n) is 9.27. The third-order valence-electron chi connectivity index (χ3n) is 4.54. The molecule has 1 atom stereocenters. The van der Waals surface area contributed by atoms with Crippen LogP contribution >= 0.6 is 11.6 Å². The molecule has 12 heteroatoms. The Kier molecular flexibility index (Phi) is 6.95. The molecular formula is C18H23ClN6O4S. The summed E-state index contributed by atoms with van der Waals surface area (Å²) in [5.74, 6) is 0.345. The van der Waals surface area contributed by atoms with Crippen LogP contribution in [0, 0.1) is 0 Å². The van der Waals surface area contributed by atoms with Crippen LogP contribution < -0.4 is 15.8 Å². The molecule has 1 aromatic heterocycles. The lowest BCUT2D eigenvalue weighted by Gasteiger charge is -2.10. The number of carbonyl (C=O) groups is 1. The number of alkyl carbamates (subject to hydrolysis) is 1. The average Bonchev–Trinajstić information content (AvgIpc) is 3.28. The Balaban J connectivity index is 1.37. The number of amides is 1. The number of aromatic nitrogens is 2. The Hall–Kier alpha value is -2.63. The number of aliphatic imine (C=N–C) groups is 1. The molecule has 0 saturated heterocycles. The number of ether oxygens (including phenoxy) is 1. The van der Waals surface area contributed by atoms with Crippen molar-refractivity contribution < 1.29 is 17.9 Å². The highest BCUT2D eigenvalue weighted by Crippen LogP contribution is 2.30. The van der Waals surface area contributed by atoms with Crippen molar-refractivity contribution in [2.24, 2.45) is 10.7 Å². The lowest BCUT2D eigenvalue weighted by molar-refractivity contribution is 0.143. The molecule has 0 radical (unpaired) electrons. The second kappa shape index (κ2) is 9.45. The minimum Gasteiger partial charge on any atom is -0.450 e. The molecule has 2 aromatic rings. The summed E-state index contributed by atoms with van der Waals surface area (Å²) < 4.78 is 33.0. The quantitative estimate of drug-likeness (QED) is 0.297. The van der Waals surface area contributed by atoms with Crippen LogP contribution in [-0.2, 0) is 27.8 Å². The van der Waals surface area contributed by atoms with E-state index in [0.29, 0.717) is 30.1 Å². The number of imidazole rings is 1. The third kappa shape index (κ3) is 5.10. The lowest BCUT2D eigenvalue weighted by atomic mass is 10.2. The summed E-state index contributed by atoms with van der Waals surface area (Å²) in [6.07, 6.45) is 2.52. The molecule has 2 heterocycles. The number of fused-ring (bicyclic) bond motifs is 1. The number of nitrogens with zero attached hydrogens (tertiary/aromatic N) is 3. The van der Waals surface area contributed by atoms with Gasteiger partial charge >= 0.3 is 6.09 Å². The maximum Gasteiger partial charge on any atom is 0.407 e. The van der Waals surface area contributed by atoms with Gasteiger partial charge in [0, 0.05) is 13.1 Å². The summed E-state index contributed by atoms with van der Waals surface area (Å²) >= 11 is 6.15. The van der Waals surface area contributed by atoms with Crippen LogP contribution in [0.2, 0.25) is 0 Å². The van der Waals surface area contributed by atoms with Crippen molar-refractivity contribution in [2.75, 3.05) is 13.7 Å². The fourth-order valence-corrected chi connectivity index (χ4v) is 4.11. The summed E-state index contributed by atoms with van der Waals surface area (Å²) in [5.41, 5.74) is 7.29. The van der Waals surface area contributed by atoms with Gasteiger partial charge in [-0.1, -0.05) is 23.7 Å². The SMILES string of the molecule is CNS(=O)(=O)c1cccc(CNC(=O)OCCCCn2cnc3c2C(Cl)N=C3N)c1. The molecule has 3 rings (SSSR count). The second-order valence-corrected chi connectivity index (χ2v) is 8.87. The molecule has 1 aromatic carbocycles. The fourth-order valence-electron chi connectivity index (χ4n) is 2.98. The smallest absolute Gasteiger partial charge is 0.407 e. The molecule has 1 aliphatic rings. The number of aryl methyl sites for hydroxylation is 1. The fraction of sp³-hybridized carbons (Fsp3) is 0.389. The van der Waals surface area contributed by atoms with Gasteiger partial charge in [-0.25, -0.2) is 27.9 Å². The van der Waals surface area contributed by atoms with E-state index < -0.39 is 21.6 Å². The van der Waals surface area contributed by atoms with Gasteiger partial charge in [0.2, 0.25) is 10.0 Å². The number of alkyl halides is 1. The van der Waals surface area contributed by atoms with Crippen molar-refractivity contribution in [1.29, 1.82) is 0 Å². The van der Waals surface area contributed by atoms with E-state index in [1.54, 1.807) is 18.5 Å². The molecule has 0 saturated carbocycles. The highest BCUT2D eigenvalue weighted by Gasteiger charge is 2.27.